The summed E-state index contributed by atoms with van der Waals surface area (Å²) in [7, 11) is 0. The molecule has 2 bridgehead atoms. The molecule has 174 valence electrons. The van der Waals surface area contributed by atoms with E-state index in [9.17, 15) is 18.0 Å². The van der Waals surface area contributed by atoms with Gasteiger partial charge in [-0.1, -0.05) is 18.2 Å². The number of morpholine rings is 1. The maximum atomic E-state index is 13.3. The number of rotatable bonds is 7. The number of hydrogen-bond acceptors (Lipinski definition) is 6. The van der Waals surface area contributed by atoms with Crippen molar-refractivity contribution in [3.63, 3.8) is 0 Å². The number of ether oxygens (including phenoxy) is 1. The molecule has 1 N–H and O–H groups in total. The number of thioether (sulfide) groups is 1. The Labute approximate surface area is 184 Å². The van der Waals surface area contributed by atoms with Crippen LogP contribution in [0, 0.1) is 17.8 Å². The molecule has 2 heterocycles. The van der Waals surface area contributed by atoms with Crippen LogP contribution in [-0.4, -0.2) is 64.4 Å². The fraction of sp³-hybridized carbons (Fsp3) is 0.850. The Hall–Kier alpha value is -1.49. The minimum absolute atomic E-state index is 0.0720. The lowest BCUT2D eigenvalue weighted by atomic mass is 9.84. The van der Waals surface area contributed by atoms with Crippen LogP contribution in [0.1, 0.15) is 39.5 Å². The van der Waals surface area contributed by atoms with E-state index >= 15 is 0 Å². The van der Waals surface area contributed by atoms with Crippen LogP contribution in [0.25, 0.3) is 0 Å². The Bertz CT molecular complexity index is 783. The van der Waals surface area contributed by atoms with Gasteiger partial charge in [-0.05, 0) is 50.9 Å². The molecule has 31 heavy (non-hydrogen) atoms. The second-order valence-electron chi connectivity index (χ2n) is 8.98. The maximum absolute atomic E-state index is 13.3. The third kappa shape index (κ3) is 5.30. The zero-order valence-corrected chi connectivity index (χ0v) is 18.7. The molecule has 5 unspecified atom stereocenters. The predicted octanol–water partition coefficient (Wildman–Crippen LogP) is 3.10. The summed E-state index contributed by atoms with van der Waals surface area (Å²) in [5.74, 6) is 1.98. The molecule has 0 radical (unpaired) electrons. The largest absolute Gasteiger partial charge is 0.406 e. The van der Waals surface area contributed by atoms with Gasteiger partial charge in [-0.25, -0.2) is 0 Å². The van der Waals surface area contributed by atoms with Gasteiger partial charge in [0.05, 0.1) is 18.5 Å². The van der Waals surface area contributed by atoms with Crippen LogP contribution in [0.3, 0.4) is 0 Å². The number of carbonyl (C=O) groups is 1. The molecule has 7 nitrogen and oxygen atoms in total. The van der Waals surface area contributed by atoms with Crippen molar-refractivity contribution in [1.82, 2.24) is 20.1 Å². The number of aromatic nitrogens is 3. The number of fused-ring (bicyclic) bond motifs is 2. The number of halogens is 3. The quantitative estimate of drug-likeness (QED) is 0.630. The fourth-order valence-electron chi connectivity index (χ4n) is 5.25. The molecule has 1 amide bonds. The first-order chi connectivity index (χ1) is 14.7. The average molecular weight is 462 g/mol. The van der Waals surface area contributed by atoms with E-state index in [1.54, 1.807) is 11.8 Å². The highest BCUT2D eigenvalue weighted by Gasteiger charge is 2.42. The van der Waals surface area contributed by atoms with Gasteiger partial charge in [-0.3, -0.25) is 9.36 Å². The van der Waals surface area contributed by atoms with Crippen LogP contribution in [0.2, 0.25) is 0 Å². The third-order valence-electron chi connectivity index (χ3n) is 6.78. The van der Waals surface area contributed by atoms with Crippen molar-refractivity contribution in [2.45, 2.75) is 68.7 Å². The Morgan fingerprint density at radius 1 is 1.23 bits per heavy atom. The highest BCUT2D eigenvalue weighted by molar-refractivity contribution is 8.00. The molecule has 1 aromatic heterocycles. The SMILES string of the molecule is CC(Sc1nnc(N2CCOCC2)n1CC(F)(F)F)C(=O)NC(C)C1CC2CCC1C2. The van der Waals surface area contributed by atoms with Gasteiger partial charge in [-0.15, -0.1) is 10.2 Å². The van der Waals surface area contributed by atoms with Crippen molar-refractivity contribution in [1.29, 1.82) is 0 Å². The van der Waals surface area contributed by atoms with Gasteiger partial charge in [0.1, 0.15) is 6.54 Å². The molecule has 3 fully saturated rings. The van der Waals surface area contributed by atoms with Gasteiger partial charge in [-0.2, -0.15) is 13.2 Å². The average Bonchev–Trinajstić information content (AvgIpc) is 3.44. The maximum Gasteiger partial charge on any atom is 0.406 e. The first kappa shape index (κ1) is 22.7. The second-order valence-corrected chi connectivity index (χ2v) is 10.3. The Balaban J connectivity index is 1.42. The smallest absolute Gasteiger partial charge is 0.378 e. The molecule has 0 aromatic carbocycles. The Kier molecular flexibility index (Phi) is 6.71. The molecule has 1 aromatic rings. The summed E-state index contributed by atoms with van der Waals surface area (Å²) in [4.78, 5) is 14.5. The van der Waals surface area contributed by atoms with E-state index in [1.165, 1.54) is 19.3 Å². The molecule has 5 atom stereocenters. The second kappa shape index (κ2) is 9.17. The Morgan fingerprint density at radius 3 is 2.58 bits per heavy atom. The number of carbonyl (C=O) groups excluding carboxylic acids is 1. The number of nitrogens with zero attached hydrogens (tertiary/aromatic N) is 4. The summed E-state index contributed by atoms with van der Waals surface area (Å²) in [6.45, 7) is 4.33. The van der Waals surface area contributed by atoms with Gasteiger partial charge >= 0.3 is 6.18 Å². The summed E-state index contributed by atoms with van der Waals surface area (Å²) in [5, 5.41) is 10.6. The van der Waals surface area contributed by atoms with Crippen molar-refractivity contribution in [2.24, 2.45) is 17.8 Å². The van der Waals surface area contributed by atoms with Crippen LogP contribution in [0.15, 0.2) is 5.16 Å². The van der Waals surface area contributed by atoms with Crippen LogP contribution in [0.4, 0.5) is 19.1 Å². The lowest BCUT2D eigenvalue weighted by Gasteiger charge is -2.29. The van der Waals surface area contributed by atoms with Crippen LogP contribution in [0.5, 0.6) is 0 Å². The molecule has 0 spiro atoms. The first-order valence-corrected chi connectivity index (χ1v) is 11.9. The molecule has 4 rings (SSSR count). The molecule has 3 aliphatic rings. The van der Waals surface area contributed by atoms with Crippen molar-refractivity contribution in [2.75, 3.05) is 31.2 Å². The van der Waals surface area contributed by atoms with Crippen LogP contribution >= 0.6 is 11.8 Å². The molecule has 1 aliphatic heterocycles. The predicted molar refractivity (Wildman–Crippen MR) is 111 cm³/mol. The highest BCUT2D eigenvalue weighted by Crippen LogP contribution is 2.49. The highest BCUT2D eigenvalue weighted by atomic mass is 32.2. The van der Waals surface area contributed by atoms with Crippen LogP contribution < -0.4 is 10.2 Å². The van der Waals surface area contributed by atoms with E-state index in [0.29, 0.717) is 38.1 Å². The zero-order valence-electron chi connectivity index (χ0n) is 17.9. The summed E-state index contributed by atoms with van der Waals surface area (Å²) in [6, 6.07) is 0.0720. The van der Waals surface area contributed by atoms with Gasteiger partial charge in [0.15, 0.2) is 5.16 Å². The van der Waals surface area contributed by atoms with Gasteiger partial charge < -0.3 is 15.0 Å². The van der Waals surface area contributed by atoms with Crippen molar-refractivity contribution >= 4 is 23.6 Å². The monoisotopic (exact) mass is 461 g/mol. The molecular weight excluding hydrogens is 431 g/mol. The zero-order chi connectivity index (χ0) is 22.2. The molecule has 2 aliphatic carbocycles. The topological polar surface area (TPSA) is 72.3 Å². The van der Waals surface area contributed by atoms with Gasteiger partial charge in [0.2, 0.25) is 11.9 Å². The summed E-state index contributed by atoms with van der Waals surface area (Å²) in [6.07, 6.45) is 0.552. The number of nitrogens with one attached hydrogen (secondary N) is 1. The first-order valence-electron chi connectivity index (χ1n) is 11.0. The van der Waals surface area contributed by atoms with E-state index in [0.717, 1.165) is 28.7 Å². The fourth-order valence-corrected chi connectivity index (χ4v) is 6.10. The summed E-state index contributed by atoms with van der Waals surface area (Å²) in [5.41, 5.74) is 0. The minimum atomic E-state index is -4.42. The molecule has 11 heteroatoms. The standard InChI is InChI=1S/C20H30F3N5O2S/c1-12(16-10-14-3-4-15(16)9-14)24-17(29)13(2)31-19-26-25-18(27-5-7-30-8-6-27)28(19)11-20(21,22)23/h12-16H,3-11H2,1-2H3,(H,24,29). The van der Waals surface area contributed by atoms with Crippen molar-refractivity contribution < 1.29 is 22.7 Å². The number of amides is 1. The number of hydrogen-bond donors (Lipinski definition) is 1. The summed E-state index contributed by atoms with van der Waals surface area (Å²) < 4.78 is 46.1. The minimum Gasteiger partial charge on any atom is -0.378 e. The van der Waals surface area contributed by atoms with E-state index in [4.69, 9.17) is 4.74 Å². The lowest BCUT2D eigenvalue weighted by molar-refractivity contribution is -0.141. The van der Waals surface area contributed by atoms with E-state index in [1.807, 2.05) is 6.92 Å². The van der Waals surface area contributed by atoms with Crippen LogP contribution in [-0.2, 0) is 16.1 Å². The van der Waals surface area contributed by atoms with Crippen molar-refractivity contribution in [3.05, 3.63) is 0 Å². The summed E-state index contributed by atoms with van der Waals surface area (Å²) >= 11 is 1.02. The molecule has 2 saturated carbocycles. The van der Waals surface area contributed by atoms with Gasteiger partial charge in [0, 0.05) is 19.1 Å². The van der Waals surface area contributed by atoms with Crippen molar-refractivity contribution in [3.8, 4) is 0 Å². The molecule has 1 saturated heterocycles. The number of alkyl halides is 3. The lowest BCUT2D eigenvalue weighted by Crippen LogP contribution is -2.43. The van der Waals surface area contributed by atoms with Gasteiger partial charge in [0.25, 0.3) is 0 Å². The van der Waals surface area contributed by atoms with E-state index in [-0.39, 0.29) is 23.1 Å². The third-order valence-corrected chi connectivity index (χ3v) is 7.87. The number of anilines is 1. The van der Waals surface area contributed by atoms with E-state index < -0.39 is 18.0 Å². The normalized spacial score (nSPS) is 28.0. The van der Waals surface area contributed by atoms with E-state index in [2.05, 4.69) is 15.5 Å². The Morgan fingerprint density at radius 2 is 1.97 bits per heavy atom. The molecular formula is C20H30F3N5O2S.